The second-order valence-corrected chi connectivity index (χ2v) is 16.5. The third-order valence-corrected chi connectivity index (χ3v) is 13.1. The number of benzene rings is 10. The SMILES string of the molecule is c1ccc(-c2ccc(N(c3ccc(-c4ccccc4)cc3)c3ccc4c(c3)c3cc(C5(c6ccccc6)c6ccccc6-c6ccccc65)ccc3n4-c3ccccc3)cc2)cc1. The van der Waals surface area contributed by atoms with Gasteiger partial charge >= 0.3 is 0 Å². The predicted octanol–water partition coefficient (Wildman–Crippen LogP) is 16.0. The van der Waals surface area contributed by atoms with Gasteiger partial charge in [0.05, 0.1) is 16.4 Å². The molecule has 1 heterocycles. The van der Waals surface area contributed by atoms with Crippen molar-refractivity contribution in [1.29, 1.82) is 0 Å². The van der Waals surface area contributed by atoms with E-state index in [0.717, 1.165) is 28.3 Å². The zero-order valence-electron chi connectivity index (χ0n) is 34.6. The fourth-order valence-electron chi connectivity index (χ4n) is 10.3. The number of anilines is 3. The minimum Gasteiger partial charge on any atom is -0.310 e. The van der Waals surface area contributed by atoms with E-state index in [0.29, 0.717) is 0 Å². The first-order chi connectivity index (χ1) is 31.3. The zero-order valence-corrected chi connectivity index (χ0v) is 34.6. The third-order valence-electron chi connectivity index (χ3n) is 13.1. The average Bonchev–Trinajstić information content (AvgIpc) is 3.86. The van der Waals surface area contributed by atoms with Crippen LogP contribution in [0.15, 0.2) is 255 Å². The molecule has 11 aromatic rings. The molecule has 10 aromatic carbocycles. The molecule has 0 spiro atoms. The van der Waals surface area contributed by atoms with Gasteiger partial charge in [0.1, 0.15) is 0 Å². The molecule has 0 atom stereocenters. The quantitative estimate of drug-likeness (QED) is 0.149. The van der Waals surface area contributed by atoms with E-state index in [1.165, 1.54) is 71.9 Å². The lowest BCUT2D eigenvalue weighted by Crippen LogP contribution is -2.28. The van der Waals surface area contributed by atoms with Crippen molar-refractivity contribution in [2.75, 3.05) is 4.90 Å². The average molecular weight is 803 g/mol. The molecule has 63 heavy (non-hydrogen) atoms. The Labute approximate surface area is 368 Å². The van der Waals surface area contributed by atoms with E-state index in [2.05, 4.69) is 264 Å². The first kappa shape index (κ1) is 36.6. The van der Waals surface area contributed by atoms with Crippen molar-refractivity contribution in [2.45, 2.75) is 5.41 Å². The van der Waals surface area contributed by atoms with Crippen LogP contribution in [0.4, 0.5) is 17.1 Å². The van der Waals surface area contributed by atoms with E-state index in [9.17, 15) is 0 Å². The van der Waals surface area contributed by atoms with Gasteiger partial charge in [-0.3, -0.25) is 0 Å². The van der Waals surface area contributed by atoms with Gasteiger partial charge in [0, 0.05) is 33.5 Å². The van der Waals surface area contributed by atoms with Crippen LogP contribution in [0.25, 0.3) is 60.9 Å². The number of nitrogens with zero attached hydrogens (tertiary/aromatic N) is 2. The molecule has 2 nitrogen and oxygen atoms in total. The largest absolute Gasteiger partial charge is 0.310 e. The standard InChI is InChI=1S/C61H42N2/c1-5-17-43(18-6-1)45-29-34-50(35-30-45)62(51-36-31-46(32-37-51)44-19-7-2-8-20-44)52-38-40-60-56(42-52)55-41-48(33-39-59(55)63(60)49-23-11-4-12-24-49)61(47-21-9-3-10-22-47)57-27-15-13-25-53(57)54-26-14-16-28-58(54)61/h1-42H. The maximum Gasteiger partial charge on any atom is 0.0713 e. The van der Waals surface area contributed by atoms with Gasteiger partial charge in [-0.25, -0.2) is 0 Å². The Morgan fingerprint density at radius 1 is 0.302 bits per heavy atom. The molecular formula is C61H42N2. The number of aromatic nitrogens is 1. The zero-order chi connectivity index (χ0) is 41.7. The Morgan fingerprint density at radius 3 is 1.25 bits per heavy atom. The topological polar surface area (TPSA) is 8.17 Å². The second-order valence-electron chi connectivity index (χ2n) is 16.5. The molecule has 12 rings (SSSR count). The van der Waals surface area contributed by atoms with Gasteiger partial charge in [-0.15, -0.1) is 0 Å². The molecule has 1 aromatic heterocycles. The molecule has 1 aliphatic carbocycles. The number of rotatable bonds is 8. The molecule has 0 radical (unpaired) electrons. The summed E-state index contributed by atoms with van der Waals surface area (Å²) >= 11 is 0. The highest BCUT2D eigenvalue weighted by atomic mass is 15.1. The maximum atomic E-state index is 2.49. The Bertz CT molecular complexity index is 3280. The molecule has 296 valence electrons. The van der Waals surface area contributed by atoms with Gasteiger partial charge in [-0.05, 0) is 122 Å². The van der Waals surface area contributed by atoms with E-state index < -0.39 is 5.41 Å². The van der Waals surface area contributed by atoms with E-state index in [1.54, 1.807) is 0 Å². The number of fused-ring (bicyclic) bond motifs is 6. The van der Waals surface area contributed by atoms with Crippen molar-refractivity contribution >= 4 is 38.9 Å². The first-order valence-corrected chi connectivity index (χ1v) is 21.8. The lowest BCUT2D eigenvalue weighted by Gasteiger charge is -2.34. The minimum atomic E-state index is -0.506. The third kappa shape index (κ3) is 5.95. The molecule has 0 fully saturated rings. The molecule has 0 bridgehead atoms. The Balaban J connectivity index is 1.10. The van der Waals surface area contributed by atoms with Crippen LogP contribution in [-0.2, 0) is 5.41 Å². The van der Waals surface area contributed by atoms with Gasteiger partial charge in [0.25, 0.3) is 0 Å². The van der Waals surface area contributed by atoms with Gasteiger partial charge in [-0.2, -0.15) is 0 Å². The molecule has 0 aliphatic heterocycles. The highest BCUT2D eigenvalue weighted by Crippen LogP contribution is 2.56. The van der Waals surface area contributed by atoms with E-state index >= 15 is 0 Å². The first-order valence-electron chi connectivity index (χ1n) is 21.8. The monoisotopic (exact) mass is 802 g/mol. The Hall–Kier alpha value is -8.20. The fourth-order valence-corrected chi connectivity index (χ4v) is 10.3. The van der Waals surface area contributed by atoms with Crippen LogP contribution < -0.4 is 4.90 Å². The van der Waals surface area contributed by atoms with Gasteiger partial charge in [0.2, 0.25) is 0 Å². The van der Waals surface area contributed by atoms with Crippen molar-refractivity contribution in [3.8, 4) is 39.1 Å². The highest BCUT2D eigenvalue weighted by Gasteiger charge is 2.46. The van der Waals surface area contributed by atoms with Crippen LogP contribution in [0.2, 0.25) is 0 Å². The van der Waals surface area contributed by atoms with Crippen molar-refractivity contribution in [3.63, 3.8) is 0 Å². The van der Waals surface area contributed by atoms with Crippen LogP contribution in [0, 0.1) is 0 Å². The summed E-state index contributed by atoms with van der Waals surface area (Å²) in [6.07, 6.45) is 0. The lowest BCUT2D eigenvalue weighted by atomic mass is 9.67. The van der Waals surface area contributed by atoms with E-state index in [1.807, 2.05) is 0 Å². The summed E-state index contributed by atoms with van der Waals surface area (Å²) < 4.78 is 2.43. The molecule has 0 saturated carbocycles. The van der Waals surface area contributed by atoms with Crippen molar-refractivity contribution in [1.82, 2.24) is 4.57 Å². The minimum absolute atomic E-state index is 0.506. The fraction of sp³-hybridized carbons (Fsp3) is 0.0164. The summed E-state index contributed by atoms with van der Waals surface area (Å²) in [5, 5.41) is 2.41. The Kier molecular flexibility index (Phi) is 8.76. The second kappa shape index (κ2) is 15.1. The summed E-state index contributed by atoms with van der Waals surface area (Å²) in [4.78, 5) is 2.40. The van der Waals surface area contributed by atoms with Gasteiger partial charge in [0.15, 0.2) is 0 Å². The predicted molar refractivity (Wildman–Crippen MR) is 264 cm³/mol. The van der Waals surface area contributed by atoms with Crippen LogP contribution in [0.1, 0.15) is 22.3 Å². The molecule has 1 aliphatic rings. The van der Waals surface area contributed by atoms with Crippen LogP contribution in [0.5, 0.6) is 0 Å². The van der Waals surface area contributed by atoms with Crippen molar-refractivity contribution in [2.24, 2.45) is 0 Å². The summed E-state index contributed by atoms with van der Waals surface area (Å²) in [6.45, 7) is 0. The van der Waals surface area contributed by atoms with Crippen LogP contribution >= 0.6 is 0 Å². The summed E-state index contributed by atoms with van der Waals surface area (Å²) in [5.74, 6) is 0. The number of para-hydroxylation sites is 1. The summed E-state index contributed by atoms with van der Waals surface area (Å²) in [7, 11) is 0. The normalized spacial score (nSPS) is 12.6. The van der Waals surface area contributed by atoms with Crippen molar-refractivity contribution in [3.05, 3.63) is 277 Å². The molecule has 0 N–H and O–H groups in total. The van der Waals surface area contributed by atoms with E-state index in [-0.39, 0.29) is 0 Å². The van der Waals surface area contributed by atoms with Gasteiger partial charge in [-0.1, -0.05) is 188 Å². The lowest BCUT2D eigenvalue weighted by molar-refractivity contribution is 0.770. The number of hydrogen-bond acceptors (Lipinski definition) is 1. The highest BCUT2D eigenvalue weighted by molar-refractivity contribution is 6.11. The van der Waals surface area contributed by atoms with Gasteiger partial charge < -0.3 is 9.47 Å². The van der Waals surface area contributed by atoms with E-state index in [4.69, 9.17) is 0 Å². The number of hydrogen-bond donors (Lipinski definition) is 0. The summed E-state index contributed by atoms with van der Waals surface area (Å²) in [6, 6.07) is 93.3. The summed E-state index contributed by atoms with van der Waals surface area (Å²) in [5.41, 5.74) is 18.8. The maximum absolute atomic E-state index is 2.49. The molecule has 0 saturated heterocycles. The van der Waals surface area contributed by atoms with Crippen LogP contribution in [-0.4, -0.2) is 4.57 Å². The molecular weight excluding hydrogens is 761 g/mol. The molecule has 0 amide bonds. The molecule has 0 unspecified atom stereocenters. The van der Waals surface area contributed by atoms with Crippen molar-refractivity contribution < 1.29 is 0 Å². The smallest absolute Gasteiger partial charge is 0.0713 e. The molecule has 2 heteroatoms. The Morgan fingerprint density at radius 2 is 0.714 bits per heavy atom. The van der Waals surface area contributed by atoms with Crippen LogP contribution in [0.3, 0.4) is 0 Å².